The number of ether oxygens (including phenoxy) is 1. The van der Waals surface area contributed by atoms with Gasteiger partial charge < -0.3 is 20.2 Å². The molecule has 0 amide bonds. The van der Waals surface area contributed by atoms with Crippen molar-refractivity contribution in [2.45, 2.75) is 10.9 Å². The molecule has 0 atom stereocenters. The van der Waals surface area contributed by atoms with E-state index in [4.69, 9.17) is 15.7 Å². The van der Waals surface area contributed by atoms with Crippen LogP contribution in [0.1, 0.15) is 11.1 Å². The van der Waals surface area contributed by atoms with Gasteiger partial charge >= 0.3 is 0 Å². The Hall–Kier alpha value is -2.22. The van der Waals surface area contributed by atoms with Gasteiger partial charge in [-0.15, -0.1) is 10.2 Å². The van der Waals surface area contributed by atoms with E-state index in [1.165, 1.54) is 0 Å². The van der Waals surface area contributed by atoms with Crippen LogP contribution in [0.5, 0.6) is 5.75 Å². The minimum Gasteiger partial charge on any atom is -0.496 e. The maximum Gasteiger partial charge on any atom is 0.191 e. The number of rotatable bonds is 5. The molecule has 0 unspecified atom stereocenters. The minimum atomic E-state index is 0.0226. The molecule has 1 heterocycles. The lowest BCUT2D eigenvalue weighted by Crippen LogP contribution is -2.14. The first kappa shape index (κ1) is 14.2. The van der Waals surface area contributed by atoms with Gasteiger partial charge in [0.15, 0.2) is 11.0 Å². The molecular formula is C12H15N5O2S. The fraction of sp³-hybridized carbons (Fsp3) is 0.250. The molecular weight excluding hydrogens is 278 g/mol. The molecule has 0 bridgehead atoms. The molecule has 0 spiro atoms. The van der Waals surface area contributed by atoms with E-state index in [0.29, 0.717) is 11.3 Å². The van der Waals surface area contributed by atoms with E-state index in [1.54, 1.807) is 31.3 Å². The molecule has 1 aromatic carbocycles. The van der Waals surface area contributed by atoms with Crippen molar-refractivity contribution in [1.29, 1.82) is 0 Å². The Morgan fingerprint density at radius 3 is 2.95 bits per heavy atom. The molecule has 0 aliphatic rings. The number of benzene rings is 1. The van der Waals surface area contributed by atoms with Crippen LogP contribution in [-0.2, 0) is 12.8 Å². The van der Waals surface area contributed by atoms with Crippen LogP contribution in [0.25, 0.3) is 0 Å². The Morgan fingerprint density at radius 1 is 1.55 bits per heavy atom. The van der Waals surface area contributed by atoms with Gasteiger partial charge in [0.05, 0.1) is 12.7 Å². The molecule has 2 rings (SSSR count). The van der Waals surface area contributed by atoms with Gasteiger partial charge in [-0.25, -0.2) is 0 Å². The van der Waals surface area contributed by atoms with E-state index in [9.17, 15) is 0 Å². The van der Waals surface area contributed by atoms with Gasteiger partial charge in [0.2, 0.25) is 0 Å². The van der Waals surface area contributed by atoms with Gasteiger partial charge in [0, 0.05) is 12.8 Å². The van der Waals surface area contributed by atoms with Crippen molar-refractivity contribution < 1.29 is 9.94 Å². The summed E-state index contributed by atoms with van der Waals surface area (Å²) in [5, 5.41) is 20.4. The van der Waals surface area contributed by atoms with Crippen LogP contribution in [0.2, 0.25) is 0 Å². The van der Waals surface area contributed by atoms with Crippen LogP contribution in [0.15, 0.2) is 34.8 Å². The molecule has 0 aliphatic heterocycles. The van der Waals surface area contributed by atoms with Gasteiger partial charge in [-0.3, -0.25) is 0 Å². The zero-order valence-corrected chi connectivity index (χ0v) is 12.0. The smallest absolute Gasteiger partial charge is 0.191 e. The predicted octanol–water partition coefficient (Wildman–Crippen LogP) is 1.21. The monoisotopic (exact) mass is 293 g/mol. The Bertz CT molecular complexity index is 626. The van der Waals surface area contributed by atoms with E-state index in [2.05, 4.69) is 15.4 Å². The number of methoxy groups -OCH3 is 1. The summed E-state index contributed by atoms with van der Waals surface area (Å²) < 4.78 is 7.11. The number of nitrogens with zero attached hydrogens (tertiary/aromatic N) is 4. The molecule has 2 aromatic rings. The van der Waals surface area contributed by atoms with Crippen LogP contribution < -0.4 is 10.5 Å². The molecule has 0 radical (unpaired) electrons. The van der Waals surface area contributed by atoms with Crippen molar-refractivity contribution in [2.24, 2.45) is 17.9 Å². The van der Waals surface area contributed by atoms with Crippen LogP contribution in [0.4, 0.5) is 0 Å². The molecule has 0 saturated carbocycles. The van der Waals surface area contributed by atoms with Gasteiger partial charge in [-0.2, -0.15) is 0 Å². The van der Waals surface area contributed by atoms with Gasteiger partial charge in [0.1, 0.15) is 12.1 Å². The third kappa shape index (κ3) is 3.02. The van der Waals surface area contributed by atoms with Crippen LogP contribution >= 0.6 is 11.8 Å². The Kier molecular flexibility index (Phi) is 4.46. The zero-order chi connectivity index (χ0) is 14.5. The summed E-state index contributed by atoms with van der Waals surface area (Å²) in [5.74, 6) is 1.31. The number of aryl methyl sites for hydroxylation is 1. The third-order valence-electron chi connectivity index (χ3n) is 2.69. The molecule has 1 aromatic heterocycles. The maximum absolute atomic E-state index is 8.72. The summed E-state index contributed by atoms with van der Waals surface area (Å²) in [6.07, 6.45) is 1.66. The van der Waals surface area contributed by atoms with Crippen molar-refractivity contribution in [3.63, 3.8) is 0 Å². The summed E-state index contributed by atoms with van der Waals surface area (Å²) in [6, 6.07) is 5.52. The topological polar surface area (TPSA) is 98.6 Å². The average Bonchev–Trinajstić information content (AvgIpc) is 2.89. The summed E-state index contributed by atoms with van der Waals surface area (Å²) in [4.78, 5) is 0. The summed E-state index contributed by atoms with van der Waals surface area (Å²) in [6.45, 7) is 0. The summed E-state index contributed by atoms with van der Waals surface area (Å²) >= 11 is 1.57. The SMILES string of the molecule is COc1cc(CSc2nncn2C)ccc1/C(N)=N/O. The van der Waals surface area contributed by atoms with Gasteiger partial charge in [-0.05, 0) is 17.7 Å². The van der Waals surface area contributed by atoms with Crippen molar-refractivity contribution in [2.75, 3.05) is 7.11 Å². The molecule has 3 N–H and O–H groups in total. The van der Waals surface area contributed by atoms with Gasteiger partial charge in [0.25, 0.3) is 0 Å². The minimum absolute atomic E-state index is 0.0226. The van der Waals surface area contributed by atoms with Crippen molar-refractivity contribution in [3.05, 3.63) is 35.7 Å². The second-order valence-corrected chi connectivity index (χ2v) is 4.98. The van der Waals surface area contributed by atoms with E-state index in [0.717, 1.165) is 16.5 Å². The van der Waals surface area contributed by atoms with Crippen molar-refractivity contribution >= 4 is 17.6 Å². The summed E-state index contributed by atoms with van der Waals surface area (Å²) in [7, 11) is 3.44. The number of hydrogen-bond acceptors (Lipinski definition) is 6. The number of thioether (sulfide) groups is 1. The van der Waals surface area contributed by atoms with Crippen molar-refractivity contribution in [1.82, 2.24) is 14.8 Å². The third-order valence-corrected chi connectivity index (χ3v) is 3.79. The highest BCUT2D eigenvalue weighted by Gasteiger charge is 2.10. The van der Waals surface area contributed by atoms with E-state index in [-0.39, 0.29) is 5.84 Å². The fourth-order valence-electron chi connectivity index (χ4n) is 1.64. The largest absolute Gasteiger partial charge is 0.496 e. The van der Waals surface area contributed by atoms with E-state index >= 15 is 0 Å². The second kappa shape index (κ2) is 6.29. The number of hydrogen-bond donors (Lipinski definition) is 2. The first-order valence-electron chi connectivity index (χ1n) is 5.77. The standard InChI is InChI=1S/C12H15N5O2S/c1-17-7-14-15-12(17)20-6-8-3-4-9(11(13)16-18)10(5-8)19-2/h3-5,7,18H,6H2,1-2H3,(H2,13,16). The number of amidine groups is 1. The lowest BCUT2D eigenvalue weighted by atomic mass is 10.1. The fourth-order valence-corrected chi connectivity index (χ4v) is 2.47. The lowest BCUT2D eigenvalue weighted by Gasteiger charge is -2.09. The number of aromatic nitrogens is 3. The molecule has 20 heavy (non-hydrogen) atoms. The summed E-state index contributed by atoms with van der Waals surface area (Å²) in [5.41, 5.74) is 7.19. The van der Waals surface area contributed by atoms with Crippen LogP contribution in [0.3, 0.4) is 0 Å². The highest BCUT2D eigenvalue weighted by atomic mass is 32.2. The molecule has 8 heteroatoms. The Morgan fingerprint density at radius 2 is 2.35 bits per heavy atom. The predicted molar refractivity (Wildman–Crippen MR) is 76.1 cm³/mol. The molecule has 106 valence electrons. The molecule has 0 aliphatic carbocycles. The Labute approximate surface area is 120 Å². The second-order valence-electron chi connectivity index (χ2n) is 4.03. The lowest BCUT2D eigenvalue weighted by molar-refractivity contribution is 0.318. The average molecular weight is 293 g/mol. The van der Waals surface area contributed by atoms with Crippen LogP contribution in [0, 0.1) is 0 Å². The van der Waals surface area contributed by atoms with E-state index in [1.807, 2.05) is 23.7 Å². The molecule has 0 fully saturated rings. The van der Waals surface area contributed by atoms with Crippen LogP contribution in [-0.4, -0.2) is 32.9 Å². The number of oxime groups is 1. The molecule has 7 nitrogen and oxygen atoms in total. The normalized spacial score (nSPS) is 11.6. The highest BCUT2D eigenvalue weighted by molar-refractivity contribution is 7.98. The zero-order valence-electron chi connectivity index (χ0n) is 11.1. The first-order valence-corrected chi connectivity index (χ1v) is 6.76. The Balaban J connectivity index is 2.16. The van der Waals surface area contributed by atoms with Gasteiger partial charge in [-0.1, -0.05) is 23.0 Å². The number of nitrogens with two attached hydrogens (primary N) is 1. The highest BCUT2D eigenvalue weighted by Crippen LogP contribution is 2.25. The van der Waals surface area contributed by atoms with E-state index < -0.39 is 0 Å². The quantitative estimate of drug-likeness (QED) is 0.283. The van der Waals surface area contributed by atoms with Crippen molar-refractivity contribution in [3.8, 4) is 5.75 Å². The first-order chi connectivity index (χ1) is 9.65. The molecule has 0 saturated heterocycles. The maximum atomic E-state index is 8.72.